The van der Waals surface area contributed by atoms with E-state index in [1.165, 1.54) is 0 Å². The zero-order valence-electron chi connectivity index (χ0n) is 7.25. The normalized spacial score (nSPS) is 10.2. The number of aryl methyl sites for hydroxylation is 1. The van der Waals surface area contributed by atoms with Gasteiger partial charge in [-0.05, 0) is 6.92 Å². The summed E-state index contributed by atoms with van der Waals surface area (Å²) in [7, 11) is 0. The van der Waals surface area contributed by atoms with Gasteiger partial charge in [0, 0.05) is 18.9 Å². The maximum absolute atomic E-state index is 4.14. The molecule has 0 N–H and O–H groups in total. The predicted molar refractivity (Wildman–Crippen MR) is 46.7 cm³/mol. The largest absolute Gasteiger partial charge is 0.313 e. The molecule has 0 spiro atoms. The van der Waals surface area contributed by atoms with Crippen molar-refractivity contribution in [3.05, 3.63) is 24.9 Å². The molecule has 13 heavy (non-hydrogen) atoms. The van der Waals surface area contributed by atoms with Gasteiger partial charge in [0.1, 0.15) is 12.0 Å². The first kappa shape index (κ1) is 7.85. The summed E-state index contributed by atoms with van der Waals surface area (Å²) in [6.07, 6.45) is 6.64. The molecule has 2 rings (SSSR count). The molecule has 0 fully saturated rings. The Morgan fingerprint density at radius 2 is 2.31 bits per heavy atom. The molecule has 0 unspecified atom stereocenters. The molecule has 2 heterocycles. The summed E-state index contributed by atoms with van der Waals surface area (Å²) in [4.78, 5) is 8.12. The van der Waals surface area contributed by atoms with Crippen molar-refractivity contribution in [1.82, 2.24) is 24.7 Å². The maximum atomic E-state index is 4.14. The lowest BCUT2D eigenvalue weighted by Crippen LogP contribution is -1.97. The van der Waals surface area contributed by atoms with Crippen molar-refractivity contribution in [1.29, 1.82) is 0 Å². The topological polar surface area (TPSA) is 56.5 Å². The molecule has 0 saturated carbocycles. The van der Waals surface area contributed by atoms with E-state index in [-0.39, 0.29) is 0 Å². The van der Waals surface area contributed by atoms with Gasteiger partial charge in [-0.1, -0.05) is 0 Å². The molecule has 0 atom stereocenters. The molecule has 0 aliphatic carbocycles. The SMILES string of the molecule is CCn1cnnc1-c1cnccn1. The van der Waals surface area contributed by atoms with Crippen LogP contribution in [0.1, 0.15) is 6.92 Å². The molecule has 2 aromatic heterocycles. The van der Waals surface area contributed by atoms with Gasteiger partial charge in [-0.3, -0.25) is 4.98 Å². The van der Waals surface area contributed by atoms with Crippen molar-refractivity contribution in [2.24, 2.45) is 0 Å². The van der Waals surface area contributed by atoms with E-state index >= 15 is 0 Å². The molecule has 0 saturated heterocycles. The van der Waals surface area contributed by atoms with Gasteiger partial charge in [-0.15, -0.1) is 10.2 Å². The minimum atomic E-state index is 0.752. The second-order valence-electron chi connectivity index (χ2n) is 2.53. The number of hydrogen-bond acceptors (Lipinski definition) is 4. The lowest BCUT2D eigenvalue weighted by atomic mass is 10.4. The van der Waals surface area contributed by atoms with Crippen LogP contribution in [0.4, 0.5) is 0 Å². The Kier molecular flexibility index (Phi) is 1.99. The summed E-state index contributed by atoms with van der Waals surface area (Å²) in [5.41, 5.74) is 0.752. The van der Waals surface area contributed by atoms with E-state index < -0.39 is 0 Å². The fourth-order valence-corrected chi connectivity index (χ4v) is 1.10. The van der Waals surface area contributed by atoms with E-state index in [1.807, 2.05) is 11.5 Å². The fourth-order valence-electron chi connectivity index (χ4n) is 1.10. The van der Waals surface area contributed by atoms with E-state index in [1.54, 1.807) is 24.9 Å². The highest BCUT2D eigenvalue weighted by molar-refractivity contribution is 5.46. The van der Waals surface area contributed by atoms with Crippen LogP contribution >= 0.6 is 0 Å². The molecule has 0 bridgehead atoms. The Morgan fingerprint density at radius 1 is 1.38 bits per heavy atom. The molecule has 5 heteroatoms. The van der Waals surface area contributed by atoms with Gasteiger partial charge in [-0.2, -0.15) is 0 Å². The minimum Gasteiger partial charge on any atom is -0.313 e. The summed E-state index contributed by atoms with van der Waals surface area (Å²) < 4.78 is 1.92. The van der Waals surface area contributed by atoms with Crippen LogP contribution < -0.4 is 0 Å². The maximum Gasteiger partial charge on any atom is 0.183 e. The third kappa shape index (κ3) is 1.40. The third-order valence-electron chi connectivity index (χ3n) is 1.75. The van der Waals surface area contributed by atoms with Crippen molar-refractivity contribution >= 4 is 0 Å². The van der Waals surface area contributed by atoms with E-state index in [0.29, 0.717) is 0 Å². The van der Waals surface area contributed by atoms with Gasteiger partial charge in [0.25, 0.3) is 0 Å². The monoisotopic (exact) mass is 175 g/mol. The Balaban J connectivity index is 2.47. The van der Waals surface area contributed by atoms with Crippen LogP contribution in [0.2, 0.25) is 0 Å². The highest BCUT2D eigenvalue weighted by Crippen LogP contribution is 2.10. The summed E-state index contributed by atoms with van der Waals surface area (Å²) in [6, 6.07) is 0. The van der Waals surface area contributed by atoms with E-state index in [0.717, 1.165) is 18.1 Å². The molecule has 2 aromatic rings. The highest BCUT2D eigenvalue weighted by Gasteiger charge is 2.05. The Labute approximate surface area is 75.5 Å². The average molecular weight is 175 g/mol. The molecule has 0 amide bonds. The zero-order chi connectivity index (χ0) is 9.10. The predicted octanol–water partition coefficient (Wildman–Crippen LogP) is 0.755. The molecular formula is C8H9N5. The molecule has 0 aromatic carbocycles. The first-order chi connectivity index (χ1) is 6.42. The summed E-state index contributed by atoms with van der Waals surface area (Å²) in [5.74, 6) is 0.760. The van der Waals surface area contributed by atoms with Crippen LogP contribution in [0.15, 0.2) is 24.9 Å². The fraction of sp³-hybridized carbons (Fsp3) is 0.250. The lowest BCUT2D eigenvalue weighted by molar-refractivity contribution is 0.764. The first-order valence-electron chi connectivity index (χ1n) is 4.06. The van der Waals surface area contributed by atoms with Crippen LogP contribution in [0.3, 0.4) is 0 Å². The van der Waals surface area contributed by atoms with Gasteiger partial charge in [0.2, 0.25) is 0 Å². The molecule has 0 aliphatic heterocycles. The second kappa shape index (κ2) is 3.30. The standard InChI is InChI=1S/C8H9N5/c1-2-13-6-11-12-8(13)7-5-9-3-4-10-7/h3-6H,2H2,1H3. The van der Waals surface area contributed by atoms with Crippen molar-refractivity contribution < 1.29 is 0 Å². The summed E-state index contributed by atoms with van der Waals surface area (Å²) in [5, 5.41) is 7.78. The minimum absolute atomic E-state index is 0.752. The highest BCUT2D eigenvalue weighted by atomic mass is 15.3. The summed E-state index contributed by atoms with van der Waals surface area (Å²) >= 11 is 0. The van der Waals surface area contributed by atoms with Crippen molar-refractivity contribution in [2.45, 2.75) is 13.5 Å². The zero-order valence-corrected chi connectivity index (χ0v) is 7.25. The quantitative estimate of drug-likeness (QED) is 0.676. The number of nitrogens with zero attached hydrogens (tertiary/aromatic N) is 5. The Morgan fingerprint density at radius 3 is 3.00 bits per heavy atom. The molecule has 5 nitrogen and oxygen atoms in total. The number of rotatable bonds is 2. The van der Waals surface area contributed by atoms with Crippen LogP contribution in [0.25, 0.3) is 11.5 Å². The van der Waals surface area contributed by atoms with Gasteiger partial charge in [0.05, 0.1) is 6.20 Å². The molecule has 66 valence electrons. The molecule has 0 radical (unpaired) electrons. The van der Waals surface area contributed by atoms with Crippen molar-refractivity contribution in [3.8, 4) is 11.5 Å². The van der Waals surface area contributed by atoms with Gasteiger partial charge in [-0.25, -0.2) is 4.98 Å². The van der Waals surface area contributed by atoms with E-state index in [2.05, 4.69) is 20.2 Å². The lowest BCUT2D eigenvalue weighted by Gasteiger charge is -2.00. The molecule has 0 aliphatic rings. The van der Waals surface area contributed by atoms with Crippen LogP contribution in [-0.4, -0.2) is 24.7 Å². The number of aromatic nitrogens is 5. The average Bonchev–Trinajstić information content (AvgIpc) is 2.67. The van der Waals surface area contributed by atoms with Crippen LogP contribution in [0.5, 0.6) is 0 Å². The van der Waals surface area contributed by atoms with Gasteiger partial charge >= 0.3 is 0 Å². The van der Waals surface area contributed by atoms with Crippen molar-refractivity contribution in [2.75, 3.05) is 0 Å². The number of hydrogen-bond donors (Lipinski definition) is 0. The van der Waals surface area contributed by atoms with Gasteiger partial charge in [0.15, 0.2) is 5.82 Å². The van der Waals surface area contributed by atoms with E-state index in [4.69, 9.17) is 0 Å². The van der Waals surface area contributed by atoms with Crippen LogP contribution in [0, 0.1) is 0 Å². The summed E-state index contributed by atoms with van der Waals surface area (Å²) in [6.45, 7) is 2.86. The van der Waals surface area contributed by atoms with Crippen LogP contribution in [-0.2, 0) is 6.54 Å². The van der Waals surface area contributed by atoms with E-state index in [9.17, 15) is 0 Å². The Bertz CT molecular complexity index is 380. The van der Waals surface area contributed by atoms with Crippen molar-refractivity contribution in [3.63, 3.8) is 0 Å². The van der Waals surface area contributed by atoms with Gasteiger partial charge < -0.3 is 4.57 Å². The second-order valence-corrected chi connectivity index (χ2v) is 2.53. The smallest absolute Gasteiger partial charge is 0.183 e. The first-order valence-corrected chi connectivity index (χ1v) is 4.06. The molecular weight excluding hydrogens is 166 g/mol. The Hall–Kier alpha value is -1.78. The third-order valence-corrected chi connectivity index (χ3v) is 1.75.